The molecule has 1 aliphatic heterocycles. The van der Waals surface area contributed by atoms with Gasteiger partial charge in [0.25, 0.3) is 0 Å². The highest BCUT2D eigenvalue weighted by Gasteiger charge is 2.08. The van der Waals surface area contributed by atoms with Crippen LogP contribution in [0, 0.1) is 0 Å². The molecule has 0 saturated heterocycles. The zero-order valence-corrected chi connectivity index (χ0v) is 7.27. The summed E-state index contributed by atoms with van der Waals surface area (Å²) in [7, 11) is 0. The smallest absolute Gasteiger partial charge is 0.133 e. The average molecular weight is 165 g/mol. The molecule has 0 aromatic heterocycles. The summed E-state index contributed by atoms with van der Waals surface area (Å²) in [4.78, 5) is 1.86. The van der Waals surface area contributed by atoms with E-state index in [1.165, 1.54) is 0 Å². The van der Waals surface area contributed by atoms with E-state index in [1.807, 2.05) is 35.4 Å². The zero-order chi connectivity index (χ0) is 8.97. The first-order chi connectivity index (χ1) is 5.75. The molecule has 4 N–H and O–H groups in total. The average Bonchev–Trinajstić information content (AvgIpc) is 2.27. The van der Waals surface area contributed by atoms with Gasteiger partial charge in [0.05, 0.1) is 0 Å². The van der Waals surface area contributed by atoms with Gasteiger partial charge in [-0.05, 0) is 18.6 Å². The zero-order valence-electron chi connectivity index (χ0n) is 7.27. The molecule has 12 heavy (non-hydrogen) atoms. The van der Waals surface area contributed by atoms with Gasteiger partial charge in [0.1, 0.15) is 6.29 Å². The Kier molecular flexibility index (Phi) is 3.08. The van der Waals surface area contributed by atoms with E-state index in [1.54, 1.807) is 0 Å². The molecule has 1 aliphatic rings. The fourth-order valence-electron chi connectivity index (χ4n) is 1.15. The molecule has 0 aromatic rings. The van der Waals surface area contributed by atoms with Crippen molar-refractivity contribution in [3.63, 3.8) is 0 Å². The Morgan fingerprint density at radius 3 is 2.67 bits per heavy atom. The van der Waals surface area contributed by atoms with Gasteiger partial charge in [-0.2, -0.15) is 0 Å². The second-order valence-corrected chi connectivity index (χ2v) is 2.64. The van der Waals surface area contributed by atoms with Crippen molar-refractivity contribution in [2.75, 3.05) is 0 Å². The molecule has 0 unspecified atom stereocenters. The first-order valence-electron chi connectivity index (χ1n) is 4.09. The molecule has 1 heterocycles. The highest BCUT2D eigenvalue weighted by atomic mass is 15.3. The van der Waals surface area contributed by atoms with Crippen LogP contribution in [-0.4, -0.2) is 11.2 Å². The molecule has 3 heteroatoms. The molecule has 0 radical (unpaired) electrons. The van der Waals surface area contributed by atoms with E-state index in [0.717, 1.165) is 12.1 Å². The maximum Gasteiger partial charge on any atom is 0.133 e. The van der Waals surface area contributed by atoms with Crippen LogP contribution in [0.4, 0.5) is 0 Å². The molecule has 0 aliphatic carbocycles. The van der Waals surface area contributed by atoms with Gasteiger partial charge >= 0.3 is 0 Å². The van der Waals surface area contributed by atoms with Crippen LogP contribution in [0.25, 0.3) is 0 Å². The summed E-state index contributed by atoms with van der Waals surface area (Å²) in [6.45, 7) is 2.08. The summed E-state index contributed by atoms with van der Waals surface area (Å²) in [5.74, 6) is 0. The van der Waals surface area contributed by atoms with Crippen LogP contribution in [0.1, 0.15) is 13.3 Å². The van der Waals surface area contributed by atoms with Crippen LogP contribution < -0.4 is 11.5 Å². The van der Waals surface area contributed by atoms with E-state index < -0.39 is 6.29 Å². The lowest BCUT2D eigenvalue weighted by molar-refractivity contribution is 0.346. The van der Waals surface area contributed by atoms with Crippen molar-refractivity contribution in [2.45, 2.75) is 19.6 Å². The third-order valence-electron chi connectivity index (χ3n) is 1.77. The molecular formula is C9H15N3. The van der Waals surface area contributed by atoms with Gasteiger partial charge in [-0.25, -0.2) is 0 Å². The van der Waals surface area contributed by atoms with Crippen molar-refractivity contribution < 1.29 is 0 Å². The Morgan fingerprint density at radius 1 is 1.33 bits per heavy atom. The molecule has 0 amide bonds. The van der Waals surface area contributed by atoms with Gasteiger partial charge < -0.3 is 4.90 Å². The lowest BCUT2D eigenvalue weighted by Crippen LogP contribution is -2.45. The van der Waals surface area contributed by atoms with Gasteiger partial charge in [0.15, 0.2) is 0 Å². The molecular weight excluding hydrogens is 150 g/mol. The first-order valence-corrected chi connectivity index (χ1v) is 4.09. The predicted molar refractivity (Wildman–Crippen MR) is 50.7 cm³/mol. The van der Waals surface area contributed by atoms with E-state index in [9.17, 15) is 0 Å². The Labute approximate surface area is 73.0 Å². The van der Waals surface area contributed by atoms with Crippen molar-refractivity contribution in [3.8, 4) is 0 Å². The van der Waals surface area contributed by atoms with Gasteiger partial charge in [-0.15, -0.1) is 0 Å². The van der Waals surface area contributed by atoms with Crippen molar-refractivity contribution >= 4 is 0 Å². The van der Waals surface area contributed by atoms with Gasteiger partial charge in [-0.1, -0.05) is 19.1 Å². The van der Waals surface area contributed by atoms with E-state index in [4.69, 9.17) is 11.5 Å². The number of rotatable bonds is 2. The van der Waals surface area contributed by atoms with Crippen molar-refractivity contribution in [2.24, 2.45) is 11.5 Å². The van der Waals surface area contributed by atoms with E-state index in [2.05, 4.69) is 6.92 Å². The van der Waals surface area contributed by atoms with Crippen LogP contribution in [0.15, 0.2) is 36.2 Å². The molecule has 0 fully saturated rings. The molecule has 3 nitrogen and oxygen atoms in total. The second kappa shape index (κ2) is 4.09. The quantitative estimate of drug-likeness (QED) is 0.597. The molecule has 0 aromatic carbocycles. The van der Waals surface area contributed by atoms with Crippen LogP contribution in [0.5, 0.6) is 0 Å². The molecule has 66 valence electrons. The summed E-state index contributed by atoms with van der Waals surface area (Å²) < 4.78 is 0. The molecule has 1 rings (SSSR count). The fourth-order valence-corrected chi connectivity index (χ4v) is 1.15. The number of nitrogens with zero attached hydrogens (tertiary/aromatic N) is 1. The fraction of sp³-hybridized carbons (Fsp3) is 0.333. The maximum atomic E-state index is 5.59. The second-order valence-electron chi connectivity index (χ2n) is 2.64. The lowest BCUT2D eigenvalue weighted by atomic mass is 10.3. The summed E-state index contributed by atoms with van der Waals surface area (Å²) >= 11 is 0. The number of hydrogen-bond acceptors (Lipinski definition) is 3. The third-order valence-corrected chi connectivity index (χ3v) is 1.77. The van der Waals surface area contributed by atoms with E-state index in [0.29, 0.717) is 0 Å². The van der Waals surface area contributed by atoms with Gasteiger partial charge in [-0.3, -0.25) is 11.5 Å². The van der Waals surface area contributed by atoms with E-state index >= 15 is 0 Å². The summed E-state index contributed by atoms with van der Waals surface area (Å²) in [5.41, 5.74) is 12.3. The minimum atomic E-state index is -0.452. The van der Waals surface area contributed by atoms with Gasteiger partial charge in [0.2, 0.25) is 0 Å². The van der Waals surface area contributed by atoms with E-state index in [-0.39, 0.29) is 0 Å². The van der Waals surface area contributed by atoms with Gasteiger partial charge in [0, 0.05) is 11.9 Å². The summed E-state index contributed by atoms with van der Waals surface area (Å²) in [6.07, 6.45) is 10.3. The molecule has 0 bridgehead atoms. The molecule has 0 spiro atoms. The van der Waals surface area contributed by atoms with Crippen molar-refractivity contribution in [3.05, 3.63) is 36.2 Å². The SMILES string of the molecule is CCC1=CC=CC=CN1C(N)N. The maximum absolute atomic E-state index is 5.59. The third kappa shape index (κ3) is 1.96. The minimum absolute atomic E-state index is 0.452. The monoisotopic (exact) mass is 165 g/mol. The minimum Gasteiger partial charge on any atom is -0.323 e. The van der Waals surface area contributed by atoms with Crippen molar-refractivity contribution in [1.82, 2.24) is 4.90 Å². The van der Waals surface area contributed by atoms with Crippen LogP contribution >= 0.6 is 0 Å². The number of nitrogens with two attached hydrogens (primary N) is 2. The lowest BCUT2D eigenvalue weighted by Gasteiger charge is -2.25. The Balaban J connectivity index is 2.83. The standard InChI is InChI=1S/C9H15N3/c1-2-8-6-4-3-5-7-12(8)9(10)11/h3-7,9H,2,10-11H2,1H3. The normalized spacial score (nSPS) is 16.7. The highest BCUT2D eigenvalue weighted by Crippen LogP contribution is 2.12. The highest BCUT2D eigenvalue weighted by molar-refractivity contribution is 5.22. The Morgan fingerprint density at radius 2 is 2.08 bits per heavy atom. The predicted octanol–water partition coefficient (Wildman–Crippen LogP) is 0.867. The summed E-state index contributed by atoms with van der Waals surface area (Å²) in [5, 5.41) is 0. The topological polar surface area (TPSA) is 55.3 Å². The van der Waals surface area contributed by atoms with Crippen molar-refractivity contribution in [1.29, 1.82) is 0 Å². The largest absolute Gasteiger partial charge is 0.323 e. The molecule has 0 atom stereocenters. The van der Waals surface area contributed by atoms with Crippen LogP contribution in [0.3, 0.4) is 0 Å². The first kappa shape index (κ1) is 9.03. The van der Waals surface area contributed by atoms with Crippen LogP contribution in [0.2, 0.25) is 0 Å². The summed E-state index contributed by atoms with van der Waals surface area (Å²) in [6, 6.07) is 0. The number of allylic oxidation sites excluding steroid dienone is 5. The van der Waals surface area contributed by atoms with Crippen LogP contribution in [-0.2, 0) is 0 Å². The Hall–Kier alpha value is -1.06. The Bertz CT molecular complexity index is 226. The molecule has 0 saturated carbocycles. The number of hydrogen-bond donors (Lipinski definition) is 2.